The SMILES string of the molecule is FC(=C(Br)C(F)F)C(F)(F)C(F)(F)F. The van der Waals surface area contributed by atoms with Crippen LogP contribution < -0.4 is 0 Å². The van der Waals surface area contributed by atoms with Gasteiger partial charge in [-0.3, -0.25) is 0 Å². The van der Waals surface area contributed by atoms with E-state index in [9.17, 15) is 35.1 Å². The molecular formula is C5HBrF8. The third-order valence-corrected chi connectivity index (χ3v) is 1.73. The summed E-state index contributed by atoms with van der Waals surface area (Å²) < 4.78 is 91.5. The molecule has 0 nitrogen and oxygen atoms in total. The van der Waals surface area contributed by atoms with Crippen LogP contribution in [0.3, 0.4) is 0 Å². The molecule has 84 valence electrons. The second-order valence-corrected chi connectivity index (χ2v) is 2.89. The van der Waals surface area contributed by atoms with Crippen molar-refractivity contribution in [3.63, 3.8) is 0 Å². The number of hydrogen-bond acceptors (Lipinski definition) is 0. The van der Waals surface area contributed by atoms with Crippen LogP contribution in [0.25, 0.3) is 0 Å². The summed E-state index contributed by atoms with van der Waals surface area (Å²) in [5, 5.41) is 0. The zero-order valence-corrected chi connectivity index (χ0v) is 7.57. The molecule has 0 atom stereocenters. The molecule has 0 aromatic carbocycles. The van der Waals surface area contributed by atoms with Crippen molar-refractivity contribution in [2.45, 2.75) is 18.5 Å². The maximum absolute atomic E-state index is 12.2. The van der Waals surface area contributed by atoms with Gasteiger partial charge in [-0.05, 0) is 15.9 Å². The molecule has 0 aliphatic rings. The fourth-order valence-electron chi connectivity index (χ4n) is 0.370. The highest BCUT2D eigenvalue weighted by Gasteiger charge is 2.62. The lowest BCUT2D eigenvalue weighted by Gasteiger charge is -2.18. The molecule has 0 amide bonds. The first-order chi connectivity index (χ1) is 6.01. The molecule has 0 heterocycles. The average Bonchev–Trinajstić information content (AvgIpc) is 1.99. The van der Waals surface area contributed by atoms with Crippen molar-refractivity contribution in [3.05, 3.63) is 10.3 Å². The quantitative estimate of drug-likeness (QED) is 0.674. The summed E-state index contributed by atoms with van der Waals surface area (Å²) in [7, 11) is 0. The number of halogens is 9. The van der Waals surface area contributed by atoms with Gasteiger partial charge in [0.05, 0.1) is 4.48 Å². The van der Waals surface area contributed by atoms with Crippen molar-refractivity contribution < 1.29 is 35.1 Å². The Balaban J connectivity index is 5.22. The third-order valence-electron chi connectivity index (χ3n) is 1.03. The van der Waals surface area contributed by atoms with E-state index in [4.69, 9.17) is 0 Å². The summed E-state index contributed by atoms with van der Waals surface area (Å²) in [6.45, 7) is 0. The zero-order valence-electron chi connectivity index (χ0n) is 5.98. The molecule has 9 heteroatoms. The van der Waals surface area contributed by atoms with E-state index in [1.807, 2.05) is 0 Å². The van der Waals surface area contributed by atoms with Gasteiger partial charge in [0.15, 0.2) is 5.83 Å². The highest BCUT2D eigenvalue weighted by atomic mass is 79.9. The van der Waals surface area contributed by atoms with Crippen LogP contribution in [0.1, 0.15) is 0 Å². The normalized spacial score (nSPS) is 15.9. The molecule has 0 unspecified atom stereocenters. The highest BCUT2D eigenvalue weighted by molar-refractivity contribution is 9.11. The van der Waals surface area contributed by atoms with Crippen LogP contribution >= 0.6 is 15.9 Å². The maximum atomic E-state index is 12.2. The van der Waals surface area contributed by atoms with Crippen LogP contribution in [0.15, 0.2) is 10.3 Å². The minimum Gasteiger partial charge on any atom is -0.204 e. The first kappa shape index (κ1) is 13.7. The van der Waals surface area contributed by atoms with Gasteiger partial charge < -0.3 is 0 Å². The average molecular weight is 293 g/mol. The molecule has 0 rings (SSSR count). The number of allylic oxidation sites excluding steroid dienone is 2. The van der Waals surface area contributed by atoms with Gasteiger partial charge >= 0.3 is 12.1 Å². The Hall–Kier alpha value is -0.340. The molecular weight excluding hydrogens is 292 g/mol. The van der Waals surface area contributed by atoms with Gasteiger partial charge in [0.2, 0.25) is 0 Å². The van der Waals surface area contributed by atoms with Crippen LogP contribution in [0.2, 0.25) is 0 Å². The minimum absolute atomic E-state index is 1.61. The molecule has 0 aliphatic heterocycles. The molecule has 0 fully saturated rings. The van der Waals surface area contributed by atoms with Gasteiger partial charge in [-0.1, -0.05) is 0 Å². The first-order valence-electron chi connectivity index (χ1n) is 2.80. The van der Waals surface area contributed by atoms with E-state index in [1.165, 1.54) is 0 Å². The van der Waals surface area contributed by atoms with Gasteiger partial charge in [0, 0.05) is 0 Å². The molecule has 14 heavy (non-hydrogen) atoms. The summed E-state index contributed by atoms with van der Waals surface area (Å²) in [6.07, 6.45) is -10.0. The summed E-state index contributed by atoms with van der Waals surface area (Å²) in [5.74, 6) is -9.15. The monoisotopic (exact) mass is 292 g/mol. The molecule has 0 bridgehead atoms. The van der Waals surface area contributed by atoms with E-state index in [0.717, 1.165) is 0 Å². The van der Waals surface area contributed by atoms with Crippen LogP contribution in [0.5, 0.6) is 0 Å². The van der Waals surface area contributed by atoms with Crippen LogP contribution in [-0.4, -0.2) is 18.5 Å². The van der Waals surface area contributed by atoms with E-state index in [2.05, 4.69) is 0 Å². The summed E-state index contributed by atoms with van der Waals surface area (Å²) >= 11 is 1.61. The lowest BCUT2D eigenvalue weighted by atomic mass is 10.2. The Labute approximate surface area is 80.7 Å². The van der Waals surface area contributed by atoms with E-state index >= 15 is 0 Å². The largest absolute Gasteiger partial charge is 0.460 e. The molecule has 0 aromatic heterocycles. The first-order valence-corrected chi connectivity index (χ1v) is 3.59. The third kappa shape index (κ3) is 2.58. The van der Waals surface area contributed by atoms with Crippen molar-refractivity contribution in [2.75, 3.05) is 0 Å². The topological polar surface area (TPSA) is 0 Å². The van der Waals surface area contributed by atoms with Gasteiger partial charge in [-0.25, -0.2) is 13.2 Å². The van der Waals surface area contributed by atoms with E-state index in [1.54, 1.807) is 15.9 Å². The van der Waals surface area contributed by atoms with Crippen molar-refractivity contribution in [1.82, 2.24) is 0 Å². The van der Waals surface area contributed by atoms with Crippen molar-refractivity contribution >= 4 is 15.9 Å². The molecule has 0 aromatic rings. The lowest BCUT2D eigenvalue weighted by Crippen LogP contribution is -2.37. The van der Waals surface area contributed by atoms with E-state index in [-0.39, 0.29) is 0 Å². The van der Waals surface area contributed by atoms with Gasteiger partial charge in [-0.2, -0.15) is 22.0 Å². The van der Waals surface area contributed by atoms with Gasteiger partial charge in [0.25, 0.3) is 6.43 Å². The van der Waals surface area contributed by atoms with Crippen molar-refractivity contribution in [1.29, 1.82) is 0 Å². The molecule has 0 spiro atoms. The molecule has 0 saturated heterocycles. The number of alkyl halides is 7. The Kier molecular flexibility index (Phi) is 3.93. The fraction of sp³-hybridized carbons (Fsp3) is 0.600. The van der Waals surface area contributed by atoms with Gasteiger partial charge in [-0.15, -0.1) is 0 Å². The number of rotatable bonds is 2. The van der Waals surface area contributed by atoms with E-state index in [0.29, 0.717) is 0 Å². The Morgan fingerprint density at radius 1 is 1.00 bits per heavy atom. The summed E-state index contributed by atoms with van der Waals surface area (Å²) in [4.78, 5) is 0. The standard InChI is InChI=1S/C5HBrF8/c6-1(3(8)9)2(7)4(10,11)5(12,13)14/h3H. The zero-order chi connectivity index (χ0) is 11.7. The Morgan fingerprint density at radius 2 is 1.36 bits per heavy atom. The maximum Gasteiger partial charge on any atom is 0.460 e. The second-order valence-electron chi connectivity index (χ2n) is 2.03. The highest BCUT2D eigenvalue weighted by Crippen LogP contribution is 2.44. The van der Waals surface area contributed by atoms with E-state index < -0.39 is 28.8 Å². The Morgan fingerprint density at radius 3 is 1.57 bits per heavy atom. The predicted molar refractivity (Wildman–Crippen MR) is 34.1 cm³/mol. The summed E-state index contributed by atoms with van der Waals surface area (Å²) in [6, 6.07) is 0. The number of hydrogen-bond donors (Lipinski definition) is 0. The van der Waals surface area contributed by atoms with Gasteiger partial charge in [0.1, 0.15) is 0 Å². The molecule has 0 radical (unpaired) electrons. The predicted octanol–water partition coefficient (Wildman–Crippen LogP) is 4.03. The summed E-state index contributed by atoms with van der Waals surface area (Å²) in [5.41, 5.74) is 0. The fourth-order valence-corrected chi connectivity index (χ4v) is 0.619. The van der Waals surface area contributed by atoms with Crippen LogP contribution in [0.4, 0.5) is 35.1 Å². The van der Waals surface area contributed by atoms with Crippen LogP contribution in [0, 0.1) is 0 Å². The minimum atomic E-state index is -6.25. The second kappa shape index (κ2) is 4.03. The smallest absolute Gasteiger partial charge is 0.204 e. The van der Waals surface area contributed by atoms with Crippen LogP contribution in [-0.2, 0) is 0 Å². The molecule has 0 aliphatic carbocycles. The molecule has 0 N–H and O–H groups in total. The lowest BCUT2D eigenvalue weighted by molar-refractivity contribution is -0.270. The molecule has 0 saturated carbocycles. The Bertz CT molecular complexity index is 239. The van der Waals surface area contributed by atoms with Crippen molar-refractivity contribution in [2.24, 2.45) is 0 Å². The van der Waals surface area contributed by atoms with Crippen molar-refractivity contribution in [3.8, 4) is 0 Å².